The number of hydrogen-bond donors (Lipinski definition) is 1. The number of ketones is 1. The molecule has 6 nitrogen and oxygen atoms in total. The number of anilines is 1. The lowest BCUT2D eigenvalue weighted by Gasteiger charge is -2.08. The lowest BCUT2D eigenvalue weighted by atomic mass is 10.1. The SMILES string of the molecule is CCn1c(C)cc(C(=O)COC(=O)c2c(NC(C)=O)sc(C)c2C)c1C. The Kier molecular flexibility index (Phi) is 6.02. The van der Waals surface area contributed by atoms with E-state index in [-0.39, 0.29) is 18.3 Å². The zero-order chi connectivity index (χ0) is 19.6. The molecule has 0 unspecified atom stereocenters. The van der Waals surface area contributed by atoms with Crippen LogP contribution in [0.4, 0.5) is 5.00 Å². The largest absolute Gasteiger partial charge is 0.454 e. The third kappa shape index (κ3) is 3.88. The number of esters is 1. The number of nitrogens with one attached hydrogen (secondary N) is 1. The van der Waals surface area contributed by atoms with Crippen molar-refractivity contribution in [3.05, 3.63) is 39.0 Å². The fraction of sp³-hybridized carbons (Fsp3) is 0.421. The Morgan fingerprint density at radius 2 is 1.85 bits per heavy atom. The first-order valence-electron chi connectivity index (χ1n) is 8.41. The number of amides is 1. The van der Waals surface area contributed by atoms with Gasteiger partial charge in [-0.2, -0.15) is 0 Å². The van der Waals surface area contributed by atoms with Crippen LogP contribution in [0.25, 0.3) is 0 Å². The lowest BCUT2D eigenvalue weighted by molar-refractivity contribution is -0.114. The molecule has 26 heavy (non-hydrogen) atoms. The van der Waals surface area contributed by atoms with Crippen LogP contribution < -0.4 is 5.32 Å². The molecule has 0 aliphatic heterocycles. The standard InChI is InChI=1S/C19H24N2O4S/c1-7-21-10(2)8-15(12(21)4)16(23)9-25-19(24)17-11(3)13(5)26-18(17)20-14(6)22/h8H,7,9H2,1-6H3,(H,20,22). The number of ether oxygens (including phenoxy) is 1. The van der Waals surface area contributed by atoms with Crippen LogP contribution in [0.3, 0.4) is 0 Å². The molecule has 140 valence electrons. The van der Waals surface area contributed by atoms with Gasteiger partial charge in [-0.25, -0.2) is 4.79 Å². The summed E-state index contributed by atoms with van der Waals surface area (Å²) in [5.74, 6) is -1.10. The van der Waals surface area contributed by atoms with Gasteiger partial charge in [0.05, 0.1) is 5.56 Å². The molecule has 1 amide bonds. The second-order valence-corrected chi connectivity index (χ2v) is 7.42. The number of rotatable bonds is 6. The van der Waals surface area contributed by atoms with E-state index in [1.54, 1.807) is 6.92 Å². The first-order valence-corrected chi connectivity index (χ1v) is 9.23. The summed E-state index contributed by atoms with van der Waals surface area (Å²) < 4.78 is 7.29. The van der Waals surface area contributed by atoms with E-state index in [0.717, 1.165) is 28.4 Å². The van der Waals surface area contributed by atoms with E-state index in [9.17, 15) is 14.4 Å². The molecule has 2 rings (SSSR count). The summed E-state index contributed by atoms with van der Waals surface area (Å²) >= 11 is 1.32. The van der Waals surface area contributed by atoms with E-state index < -0.39 is 5.97 Å². The molecule has 2 aromatic rings. The summed E-state index contributed by atoms with van der Waals surface area (Å²) in [6, 6.07) is 1.82. The number of carbonyl (C=O) groups is 3. The highest BCUT2D eigenvalue weighted by Crippen LogP contribution is 2.33. The van der Waals surface area contributed by atoms with Crippen LogP contribution in [0.15, 0.2) is 6.07 Å². The Bertz CT molecular complexity index is 877. The summed E-state index contributed by atoms with van der Waals surface area (Å²) in [6.45, 7) is 11.3. The number of hydrogen-bond acceptors (Lipinski definition) is 5. The molecular weight excluding hydrogens is 352 g/mol. The fourth-order valence-electron chi connectivity index (χ4n) is 2.97. The van der Waals surface area contributed by atoms with Crippen LogP contribution in [-0.2, 0) is 16.1 Å². The van der Waals surface area contributed by atoms with Gasteiger partial charge in [-0.1, -0.05) is 0 Å². The molecule has 0 radical (unpaired) electrons. The Morgan fingerprint density at radius 1 is 1.19 bits per heavy atom. The molecule has 2 aromatic heterocycles. The molecule has 0 fully saturated rings. The van der Waals surface area contributed by atoms with Crippen LogP contribution in [-0.4, -0.2) is 28.8 Å². The van der Waals surface area contributed by atoms with Gasteiger partial charge in [0.2, 0.25) is 11.7 Å². The van der Waals surface area contributed by atoms with Crippen LogP contribution in [0.5, 0.6) is 0 Å². The van der Waals surface area contributed by atoms with Gasteiger partial charge in [0, 0.05) is 35.3 Å². The maximum absolute atomic E-state index is 12.5. The Hall–Kier alpha value is -2.41. The molecule has 0 saturated carbocycles. The summed E-state index contributed by atoms with van der Waals surface area (Å²) in [5.41, 5.74) is 3.50. The van der Waals surface area contributed by atoms with Gasteiger partial charge >= 0.3 is 5.97 Å². The second-order valence-electron chi connectivity index (χ2n) is 6.20. The van der Waals surface area contributed by atoms with Crippen LogP contribution in [0, 0.1) is 27.7 Å². The average Bonchev–Trinajstić information content (AvgIpc) is 3.00. The number of thiophene rings is 1. The molecular formula is C19H24N2O4S. The number of aryl methyl sites for hydroxylation is 2. The van der Waals surface area contributed by atoms with Crippen LogP contribution in [0.2, 0.25) is 0 Å². The third-order valence-electron chi connectivity index (χ3n) is 4.40. The van der Waals surface area contributed by atoms with E-state index in [0.29, 0.717) is 16.1 Å². The molecule has 0 saturated heterocycles. The Morgan fingerprint density at radius 3 is 2.38 bits per heavy atom. The van der Waals surface area contributed by atoms with Crippen LogP contribution in [0.1, 0.15) is 56.4 Å². The van der Waals surface area contributed by atoms with Crippen molar-refractivity contribution in [2.75, 3.05) is 11.9 Å². The first-order chi connectivity index (χ1) is 12.2. The predicted octanol–water partition coefficient (Wildman–Crippen LogP) is 3.80. The monoisotopic (exact) mass is 376 g/mol. The molecule has 0 aliphatic carbocycles. The van der Waals surface area contributed by atoms with Crippen molar-refractivity contribution in [1.29, 1.82) is 0 Å². The van der Waals surface area contributed by atoms with Crippen molar-refractivity contribution in [2.24, 2.45) is 0 Å². The minimum atomic E-state index is -0.603. The zero-order valence-corrected chi connectivity index (χ0v) is 16.8. The minimum absolute atomic E-state index is 0.239. The predicted molar refractivity (Wildman–Crippen MR) is 102 cm³/mol. The van der Waals surface area contributed by atoms with Crippen molar-refractivity contribution in [3.63, 3.8) is 0 Å². The smallest absolute Gasteiger partial charge is 0.341 e. The zero-order valence-electron chi connectivity index (χ0n) is 16.0. The summed E-state index contributed by atoms with van der Waals surface area (Å²) in [6.07, 6.45) is 0. The van der Waals surface area contributed by atoms with Crippen molar-refractivity contribution >= 4 is 34.0 Å². The molecule has 0 aliphatic rings. The van der Waals surface area contributed by atoms with Gasteiger partial charge in [-0.3, -0.25) is 9.59 Å². The number of Topliss-reactive ketones (excluding diaryl/α,β-unsaturated/α-hetero) is 1. The fourth-order valence-corrected chi connectivity index (χ4v) is 4.07. The lowest BCUT2D eigenvalue weighted by Crippen LogP contribution is -2.17. The van der Waals surface area contributed by atoms with E-state index >= 15 is 0 Å². The van der Waals surface area contributed by atoms with E-state index in [4.69, 9.17) is 4.74 Å². The van der Waals surface area contributed by atoms with E-state index in [1.807, 2.05) is 38.3 Å². The van der Waals surface area contributed by atoms with Crippen molar-refractivity contribution in [3.8, 4) is 0 Å². The van der Waals surface area contributed by atoms with Crippen molar-refractivity contribution < 1.29 is 19.1 Å². The highest BCUT2D eigenvalue weighted by atomic mass is 32.1. The van der Waals surface area contributed by atoms with Crippen LogP contribution >= 0.6 is 11.3 Å². The summed E-state index contributed by atoms with van der Waals surface area (Å²) in [4.78, 5) is 37.2. The van der Waals surface area contributed by atoms with Gasteiger partial charge in [0.1, 0.15) is 5.00 Å². The quantitative estimate of drug-likeness (QED) is 0.614. The van der Waals surface area contributed by atoms with Gasteiger partial charge in [0.25, 0.3) is 0 Å². The van der Waals surface area contributed by atoms with E-state index in [2.05, 4.69) is 5.32 Å². The first kappa shape index (κ1) is 19.9. The highest BCUT2D eigenvalue weighted by Gasteiger charge is 2.23. The van der Waals surface area contributed by atoms with Crippen molar-refractivity contribution in [1.82, 2.24) is 4.57 Å². The van der Waals surface area contributed by atoms with Crippen molar-refractivity contribution in [2.45, 2.75) is 48.1 Å². The third-order valence-corrected chi connectivity index (χ3v) is 5.53. The maximum Gasteiger partial charge on any atom is 0.341 e. The molecule has 0 atom stereocenters. The number of aromatic nitrogens is 1. The Labute approximate surface area is 157 Å². The van der Waals surface area contributed by atoms with Gasteiger partial charge in [0.15, 0.2) is 6.61 Å². The molecule has 7 heteroatoms. The van der Waals surface area contributed by atoms with Gasteiger partial charge in [-0.15, -0.1) is 11.3 Å². The average molecular weight is 376 g/mol. The maximum atomic E-state index is 12.5. The summed E-state index contributed by atoms with van der Waals surface area (Å²) in [7, 11) is 0. The summed E-state index contributed by atoms with van der Waals surface area (Å²) in [5, 5.41) is 3.11. The van der Waals surface area contributed by atoms with E-state index in [1.165, 1.54) is 18.3 Å². The molecule has 0 spiro atoms. The molecule has 2 heterocycles. The van der Waals surface area contributed by atoms with Gasteiger partial charge in [-0.05, 0) is 46.2 Å². The second kappa shape index (κ2) is 7.86. The normalized spacial score (nSPS) is 10.7. The number of carbonyl (C=O) groups excluding carboxylic acids is 3. The topological polar surface area (TPSA) is 77.4 Å². The number of nitrogens with zero attached hydrogens (tertiary/aromatic N) is 1. The van der Waals surface area contributed by atoms with Gasteiger partial charge < -0.3 is 14.6 Å². The highest BCUT2D eigenvalue weighted by molar-refractivity contribution is 7.16. The molecule has 0 aromatic carbocycles. The molecule has 1 N–H and O–H groups in total. The Balaban J connectivity index is 2.17. The minimum Gasteiger partial charge on any atom is -0.454 e. The molecule has 0 bridgehead atoms.